The molecule has 0 spiro atoms. The Morgan fingerprint density at radius 2 is 1.82 bits per heavy atom. The number of furan rings is 1. The summed E-state index contributed by atoms with van der Waals surface area (Å²) in [5.74, 6) is 2.12. The van der Waals surface area contributed by atoms with Crippen LogP contribution in [-0.2, 0) is 11.3 Å². The summed E-state index contributed by atoms with van der Waals surface area (Å²) >= 11 is 0. The summed E-state index contributed by atoms with van der Waals surface area (Å²) in [6, 6.07) is 4.31. The number of carbonyl (C=O) groups is 1. The smallest absolute Gasteiger partial charge is 0.236 e. The predicted molar refractivity (Wildman–Crippen MR) is 88.7 cm³/mol. The second-order valence-corrected chi connectivity index (χ2v) is 6.66. The van der Waals surface area contributed by atoms with Crippen molar-refractivity contribution in [2.24, 2.45) is 0 Å². The van der Waals surface area contributed by atoms with E-state index in [1.54, 1.807) is 0 Å². The zero-order valence-corrected chi connectivity index (χ0v) is 14.3. The fraction of sp³-hybridized carbons (Fsp3) is 0.722. The van der Waals surface area contributed by atoms with E-state index in [4.69, 9.17) is 4.42 Å². The Hall–Kier alpha value is -1.29. The molecule has 1 aromatic heterocycles. The van der Waals surface area contributed by atoms with Crippen molar-refractivity contribution in [3.05, 3.63) is 23.7 Å². The van der Waals surface area contributed by atoms with Crippen molar-refractivity contribution in [1.29, 1.82) is 0 Å². The van der Waals surface area contributed by atoms with Crippen molar-refractivity contribution in [3.8, 4) is 0 Å². The second kappa shape index (κ2) is 8.37. The van der Waals surface area contributed by atoms with Gasteiger partial charge in [0.05, 0.1) is 13.1 Å². The minimum absolute atomic E-state index is 0.263. The number of carbonyl (C=O) groups excluding carboxylic acids is 1. The molecule has 1 aliphatic heterocycles. The van der Waals surface area contributed by atoms with Crippen LogP contribution in [0.3, 0.4) is 0 Å². The van der Waals surface area contributed by atoms with E-state index in [1.165, 1.54) is 19.3 Å². The van der Waals surface area contributed by atoms with Crippen LogP contribution in [0.2, 0.25) is 0 Å². The van der Waals surface area contributed by atoms with Gasteiger partial charge in [0, 0.05) is 19.1 Å². The van der Waals surface area contributed by atoms with Gasteiger partial charge >= 0.3 is 0 Å². The molecule has 0 unspecified atom stereocenters. The quantitative estimate of drug-likeness (QED) is 0.834. The summed E-state index contributed by atoms with van der Waals surface area (Å²) in [4.78, 5) is 16.9. The van der Waals surface area contributed by atoms with E-state index in [0.29, 0.717) is 19.1 Å². The third-order valence-electron chi connectivity index (χ3n) is 4.43. The molecule has 2 heterocycles. The molecule has 4 nitrogen and oxygen atoms in total. The molecule has 0 saturated carbocycles. The van der Waals surface area contributed by atoms with Crippen molar-refractivity contribution in [2.75, 3.05) is 19.6 Å². The Bertz CT molecular complexity index is 459. The highest BCUT2D eigenvalue weighted by Gasteiger charge is 2.20. The monoisotopic (exact) mass is 306 g/mol. The first kappa shape index (κ1) is 17.1. The second-order valence-electron chi connectivity index (χ2n) is 6.66. The van der Waals surface area contributed by atoms with Gasteiger partial charge in [-0.2, -0.15) is 0 Å². The average Bonchev–Trinajstić information content (AvgIpc) is 2.82. The third kappa shape index (κ3) is 5.16. The molecule has 124 valence electrons. The summed E-state index contributed by atoms with van der Waals surface area (Å²) < 4.78 is 5.66. The molecule has 4 heteroatoms. The van der Waals surface area contributed by atoms with Crippen LogP contribution in [0.15, 0.2) is 16.5 Å². The lowest BCUT2D eigenvalue weighted by Crippen LogP contribution is -2.43. The molecule has 0 aromatic carbocycles. The van der Waals surface area contributed by atoms with Crippen molar-refractivity contribution in [2.45, 2.75) is 65.5 Å². The van der Waals surface area contributed by atoms with Gasteiger partial charge in [-0.1, -0.05) is 19.3 Å². The van der Waals surface area contributed by atoms with Gasteiger partial charge in [0.1, 0.15) is 11.5 Å². The molecular formula is C18H30N2O2. The molecule has 1 aromatic rings. The lowest BCUT2D eigenvalue weighted by molar-refractivity contribution is -0.133. The predicted octanol–water partition coefficient (Wildman–Crippen LogP) is 3.59. The van der Waals surface area contributed by atoms with Crippen LogP contribution in [0.4, 0.5) is 0 Å². The van der Waals surface area contributed by atoms with Crippen molar-refractivity contribution >= 4 is 5.91 Å². The Kier molecular flexibility index (Phi) is 6.49. The molecular weight excluding hydrogens is 276 g/mol. The van der Waals surface area contributed by atoms with E-state index in [1.807, 2.05) is 19.1 Å². The Labute approximate surface area is 134 Å². The maximum Gasteiger partial charge on any atom is 0.236 e. The number of hydrogen-bond donors (Lipinski definition) is 0. The average molecular weight is 306 g/mol. The summed E-state index contributed by atoms with van der Waals surface area (Å²) in [5, 5.41) is 0. The Morgan fingerprint density at radius 1 is 1.18 bits per heavy atom. The normalized spacial score (nSPS) is 16.9. The number of amides is 1. The molecule has 0 N–H and O–H groups in total. The SMILES string of the molecule is Cc1ccc(CN(CC(=O)N2CCCCCCC2)C(C)C)o1. The molecule has 2 rings (SSSR count). The lowest BCUT2D eigenvalue weighted by Gasteiger charge is -2.30. The molecule has 0 atom stereocenters. The third-order valence-corrected chi connectivity index (χ3v) is 4.43. The van der Waals surface area contributed by atoms with Crippen molar-refractivity contribution in [3.63, 3.8) is 0 Å². The molecule has 22 heavy (non-hydrogen) atoms. The standard InChI is InChI=1S/C18H30N2O2/c1-15(2)20(13-17-10-9-16(3)22-17)14-18(21)19-11-7-5-4-6-8-12-19/h9-10,15H,4-8,11-14H2,1-3H3. The largest absolute Gasteiger partial charge is 0.465 e. The number of likely N-dealkylation sites (tertiary alicyclic amines) is 1. The van der Waals surface area contributed by atoms with E-state index >= 15 is 0 Å². The summed E-state index contributed by atoms with van der Waals surface area (Å²) in [5.41, 5.74) is 0. The van der Waals surface area contributed by atoms with Crippen LogP contribution in [0, 0.1) is 6.92 Å². The fourth-order valence-corrected chi connectivity index (χ4v) is 2.96. The van der Waals surface area contributed by atoms with Gasteiger partial charge in [-0.25, -0.2) is 0 Å². The van der Waals surface area contributed by atoms with E-state index in [9.17, 15) is 4.79 Å². The zero-order chi connectivity index (χ0) is 15.9. The van der Waals surface area contributed by atoms with Crippen molar-refractivity contribution < 1.29 is 9.21 Å². The van der Waals surface area contributed by atoms with Gasteiger partial charge < -0.3 is 9.32 Å². The maximum absolute atomic E-state index is 12.6. The minimum Gasteiger partial charge on any atom is -0.465 e. The molecule has 1 aliphatic rings. The Balaban J connectivity index is 1.92. The summed E-state index contributed by atoms with van der Waals surface area (Å²) in [6.45, 7) is 9.25. The first-order chi connectivity index (χ1) is 10.6. The number of aryl methyl sites for hydroxylation is 1. The molecule has 1 amide bonds. The van der Waals surface area contributed by atoms with Gasteiger partial charge in [0.2, 0.25) is 5.91 Å². The minimum atomic E-state index is 0.263. The van der Waals surface area contributed by atoms with Crippen LogP contribution in [0.5, 0.6) is 0 Å². The van der Waals surface area contributed by atoms with E-state index in [2.05, 4.69) is 23.6 Å². The molecule has 0 radical (unpaired) electrons. The fourth-order valence-electron chi connectivity index (χ4n) is 2.96. The van der Waals surface area contributed by atoms with Gasteiger partial charge in [0.15, 0.2) is 0 Å². The van der Waals surface area contributed by atoms with Gasteiger partial charge in [-0.15, -0.1) is 0 Å². The number of rotatable bonds is 5. The van der Waals surface area contributed by atoms with Gasteiger partial charge in [-0.3, -0.25) is 9.69 Å². The van der Waals surface area contributed by atoms with E-state index in [0.717, 1.165) is 37.5 Å². The summed E-state index contributed by atoms with van der Waals surface area (Å²) in [6.07, 6.45) is 6.11. The lowest BCUT2D eigenvalue weighted by atomic mass is 10.1. The molecule has 0 aliphatic carbocycles. The van der Waals surface area contributed by atoms with E-state index in [-0.39, 0.29) is 5.91 Å². The molecule has 1 fully saturated rings. The van der Waals surface area contributed by atoms with Crippen LogP contribution >= 0.6 is 0 Å². The van der Waals surface area contributed by atoms with Gasteiger partial charge in [0.25, 0.3) is 0 Å². The van der Waals surface area contributed by atoms with Crippen LogP contribution < -0.4 is 0 Å². The van der Waals surface area contributed by atoms with E-state index < -0.39 is 0 Å². The van der Waals surface area contributed by atoms with Crippen LogP contribution in [0.1, 0.15) is 57.5 Å². The van der Waals surface area contributed by atoms with Crippen molar-refractivity contribution in [1.82, 2.24) is 9.80 Å². The zero-order valence-electron chi connectivity index (χ0n) is 14.3. The van der Waals surface area contributed by atoms with Crippen LogP contribution in [0.25, 0.3) is 0 Å². The van der Waals surface area contributed by atoms with Gasteiger partial charge in [-0.05, 0) is 45.7 Å². The number of nitrogens with zero attached hydrogens (tertiary/aromatic N) is 2. The highest BCUT2D eigenvalue weighted by molar-refractivity contribution is 5.78. The number of hydrogen-bond acceptors (Lipinski definition) is 3. The van der Waals surface area contributed by atoms with Crippen LogP contribution in [-0.4, -0.2) is 41.4 Å². The highest BCUT2D eigenvalue weighted by atomic mass is 16.3. The highest BCUT2D eigenvalue weighted by Crippen LogP contribution is 2.14. The molecule has 0 bridgehead atoms. The first-order valence-corrected chi connectivity index (χ1v) is 8.63. The maximum atomic E-state index is 12.6. The Morgan fingerprint density at radius 3 is 2.36 bits per heavy atom. The molecule has 1 saturated heterocycles. The first-order valence-electron chi connectivity index (χ1n) is 8.63. The topological polar surface area (TPSA) is 36.7 Å². The summed E-state index contributed by atoms with van der Waals surface area (Å²) in [7, 11) is 0.